The zero-order chi connectivity index (χ0) is 11.1. The fourth-order valence-corrected chi connectivity index (χ4v) is 0.969. The molecule has 0 aliphatic rings. The lowest BCUT2D eigenvalue weighted by atomic mass is 10.2. The number of aromatic nitrogens is 1. The van der Waals surface area contributed by atoms with Gasteiger partial charge in [-0.2, -0.15) is 0 Å². The molecular formula is C11H14N4. The summed E-state index contributed by atoms with van der Waals surface area (Å²) in [6.45, 7) is 0. The molecule has 0 unspecified atom stereocenters. The van der Waals surface area contributed by atoms with Crippen molar-refractivity contribution in [1.29, 1.82) is 5.41 Å². The number of pyridine rings is 1. The number of hydrogen-bond donors (Lipinski definition) is 3. The van der Waals surface area contributed by atoms with Crippen molar-refractivity contribution in [2.24, 2.45) is 11.5 Å². The molecule has 0 fully saturated rings. The summed E-state index contributed by atoms with van der Waals surface area (Å²) in [6.07, 6.45) is 7.78. The van der Waals surface area contributed by atoms with Gasteiger partial charge in [0, 0.05) is 18.3 Å². The molecule has 0 aliphatic carbocycles. The van der Waals surface area contributed by atoms with Crippen LogP contribution in [0.4, 0.5) is 0 Å². The van der Waals surface area contributed by atoms with Crippen LogP contribution in [0.25, 0.3) is 0 Å². The van der Waals surface area contributed by atoms with Gasteiger partial charge in [0.2, 0.25) is 0 Å². The first-order chi connectivity index (χ1) is 7.20. The van der Waals surface area contributed by atoms with E-state index in [0.29, 0.717) is 0 Å². The molecule has 15 heavy (non-hydrogen) atoms. The van der Waals surface area contributed by atoms with Gasteiger partial charge in [-0.1, -0.05) is 18.2 Å². The van der Waals surface area contributed by atoms with Crippen molar-refractivity contribution in [2.75, 3.05) is 0 Å². The molecule has 0 spiro atoms. The van der Waals surface area contributed by atoms with E-state index in [1.807, 2.05) is 24.3 Å². The van der Waals surface area contributed by atoms with Gasteiger partial charge in [-0.3, -0.25) is 10.4 Å². The van der Waals surface area contributed by atoms with Crippen LogP contribution in [0.1, 0.15) is 5.69 Å². The third-order valence-electron chi connectivity index (χ3n) is 1.78. The third-order valence-corrected chi connectivity index (χ3v) is 1.78. The van der Waals surface area contributed by atoms with Crippen molar-refractivity contribution in [3.63, 3.8) is 0 Å². The van der Waals surface area contributed by atoms with Gasteiger partial charge in [-0.25, -0.2) is 0 Å². The SMILES string of the molecule is N=C(N)/C(N)=C/C=C\Cc1ccccn1. The van der Waals surface area contributed by atoms with Crippen LogP contribution in [0.3, 0.4) is 0 Å². The Morgan fingerprint density at radius 2 is 2.20 bits per heavy atom. The molecule has 0 radical (unpaired) electrons. The van der Waals surface area contributed by atoms with Gasteiger partial charge in [-0.15, -0.1) is 0 Å². The zero-order valence-corrected chi connectivity index (χ0v) is 8.35. The Morgan fingerprint density at radius 3 is 2.80 bits per heavy atom. The maximum atomic E-state index is 7.04. The first-order valence-corrected chi connectivity index (χ1v) is 4.56. The van der Waals surface area contributed by atoms with Crippen molar-refractivity contribution in [1.82, 2.24) is 4.98 Å². The van der Waals surface area contributed by atoms with Crippen LogP contribution >= 0.6 is 0 Å². The van der Waals surface area contributed by atoms with E-state index in [9.17, 15) is 0 Å². The molecule has 1 heterocycles. The van der Waals surface area contributed by atoms with Gasteiger partial charge in [0.1, 0.15) is 5.84 Å². The number of nitrogens with two attached hydrogens (primary N) is 2. The highest BCUT2D eigenvalue weighted by Gasteiger charge is 1.89. The molecule has 0 aliphatic heterocycles. The molecule has 0 saturated heterocycles. The average Bonchev–Trinajstić information content (AvgIpc) is 2.25. The Morgan fingerprint density at radius 1 is 1.40 bits per heavy atom. The van der Waals surface area contributed by atoms with Gasteiger partial charge in [0.05, 0.1) is 5.70 Å². The van der Waals surface area contributed by atoms with Crippen LogP contribution in [0.15, 0.2) is 48.3 Å². The van der Waals surface area contributed by atoms with E-state index in [1.54, 1.807) is 18.3 Å². The summed E-state index contributed by atoms with van der Waals surface area (Å²) in [7, 11) is 0. The molecule has 4 nitrogen and oxygen atoms in total. The lowest BCUT2D eigenvalue weighted by Crippen LogP contribution is -2.18. The Bertz CT molecular complexity index is 379. The lowest BCUT2D eigenvalue weighted by Gasteiger charge is -1.94. The summed E-state index contributed by atoms with van der Waals surface area (Å²) >= 11 is 0. The third kappa shape index (κ3) is 4.08. The first kappa shape index (κ1) is 11.0. The minimum atomic E-state index is -0.113. The second-order valence-electron chi connectivity index (χ2n) is 2.99. The zero-order valence-electron chi connectivity index (χ0n) is 8.35. The fraction of sp³-hybridized carbons (Fsp3) is 0.0909. The lowest BCUT2D eigenvalue weighted by molar-refractivity contribution is 1.11. The number of allylic oxidation sites excluding steroid dienone is 3. The summed E-state index contributed by atoms with van der Waals surface area (Å²) in [6, 6.07) is 5.76. The molecule has 1 aromatic rings. The van der Waals surface area contributed by atoms with Crippen molar-refractivity contribution < 1.29 is 0 Å². The second-order valence-corrected chi connectivity index (χ2v) is 2.99. The molecule has 0 saturated carbocycles. The van der Waals surface area contributed by atoms with Crippen LogP contribution in [-0.2, 0) is 6.42 Å². The Balaban J connectivity index is 2.48. The monoisotopic (exact) mass is 202 g/mol. The minimum Gasteiger partial charge on any atom is -0.396 e. The fourth-order valence-electron chi connectivity index (χ4n) is 0.969. The second kappa shape index (κ2) is 5.59. The topological polar surface area (TPSA) is 88.8 Å². The maximum absolute atomic E-state index is 7.04. The first-order valence-electron chi connectivity index (χ1n) is 4.56. The van der Waals surface area contributed by atoms with Crippen molar-refractivity contribution in [2.45, 2.75) is 6.42 Å². The molecule has 1 rings (SSSR count). The predicted octanol–water partition coefficient (Wildman–Crippen LogP) is 0.959. The van der Waals surface area contributed by atoms with E-state index < -0.39 is 0 Å². The summed E-state index contributed by atoms with van der Waals surface area (Å²) in [5.41, 5.74) is 11.9. The highest BCUT2D eigenvalue weighted by molar-refractivity contribution is 5.93. The molecule has 78 valence electrons. The van der Waals surface area contributed by atoms with E-state index in [4.69, 9.17) is 16.9 Å². The van der Waals surface area contributed by atoms with Gasteiger partial charge in [0.15, 0.2) is 0 Å². The smallest absolute Gasteiger partial charge is 0.139 e. The van der Waals surface area contributed by atoms with E-state index in [1.165, 1.54) is 0 Å². The van der Waals surface area contributed by atoms with Crippen molar-refractivity contribution in [3.05, 3.63) is 54.0 Å². The number of hydrogen-bond acceptors (Lipinski definition) is 3. The van der Waals surface area contributed by atoms with Gasteiger partial charge < -0.3 is 11.5 Å². The molecule has 4 heteroatoms. The Kier molecular flexibility index (Phi) is 4.09. The van der Waals surface area contributed by atoms with Crippen LogP contribution in [0.5, 0.6) is 0 Å². The van der Waals surface area contributed by atoms with Crippen molar-refractivity contribution in [3.8, 4) is 0 Å². The minimum absolute atomic E-state index is 0.113. The largest absolute Gasteiger partial charge is 0.396 e. The van der Waals surface area contributed by atoms with E-state index >= 15 is 0 Å². The molecular weight excluding hydrogens is 188 g/mol. The van der Waals surface area contributed by atoms with Crippen LogP contribution < -0.4 is 11.5 Å². The Labute approximate surface area is 88.8 Å². The molecule has 5 N–H and O–H groups in total. The normalized spacial score (nSPS) is 11.9. The molecule has 1 aromatic heterocycles. The number of amidine groups is 1. The number of rotatable bonds is 4. The number of nitrogens with zero attached hydrogens (tertiary/aromatic N) is 1. The van der Waals surface area contributed by atoms with Crippen LogP contribution in [0, 0.1) is 5.41 Å². The Hall–Kier alpha value is -2.10. The highest BCUT2D eigenvalue weighted by Crippen LogP contribution is 1.95. The molecule has 0 atom stereocenters. The van der Waals surface area contributed by atoms with Gasteiger partial charge in [-0.05, 0) is 18.2 Å². The quantitative estimate of drug-likeness (QED) is 0.386. The summed E-state index contributed by atoms with van der Waals surface area (Å²) < 4.78 is 0. The van der Waals surface area contributed by atoms with E-state index in [-0.39, 0.29) is 11.5 Å². The number of nitrogens with one attached hydrogen (secondary N) is 1. The van der Waals surface area contributed by atoms with Gasteiger partial charge >= 0.3 is 0 Å². The van der Waals surface area contributed by atoms with Crippen molar-refractivity contribution >= 4 is 5.84 Å². The standard InChI is InChI=1S/C11H14N4/c12-10(11(13)14)7-2-1-5-9-6-3-4-8-15-9/h1-4,6-8H,5,12H2,(H3,13,14)/b2-1-,10-7-. The summed E-state index contributed by atoms with van der Waals surface area (Å²) in [4.78, 5) is 4.16. The van der Waals surface area contributed by atoms with E-state index in [2.05, 4.69) is 4.98 Å². The average molecular weight is 202 g/mol. The van der Waals surface area contributed by atoms with E-state index in [0.717, 1.165) is 12.1 Å². The van der Waals surface area contributed by atoms with Crippen LogP contribution in [-0.4, -0.2) is 10.8 Å². The maximum Gasteiger partial charge on any atom is 0.139 e. The predicted molar refractivity (Wildman–Crippen MR) is 61.3 cm³/mol. The summed E-state index contributed by atoms with van der Waals surface area (Å²) in [5, 5.41) is 7.04. The summed E-state index contributed by atoms with van der Waals surface area (Å²) in [5.74, 6) is -0.113. The molecule has 0 aromatic carbocycles. The van der Waals surface area contributed by atoms with Crippen LogP contribution in [0.2, 0.25) is 0 Å². The molecule has 0 bridgehead atoms. The van der Waals surface area contributed by atoms with Gasteiger partial charge in [0.25, 0.3) is 0 Å². The molecule has 0 amide bonds. The highest BCUT2D eigenvalue weighted by atomic mass is 14.8.